The Labute approximate surface area is 234 Å². The van der Waals surface area contributed by atoms with Crippen LogP contribution in [-0.2, 0) is 16.1 Å². The van der Waals surface area contributed by atoms with Crippen LogP contribution in [-0.4, -0.2) is 49.9 Å². The zero-order valence-corrected chi connectivity index (χ0v) is 22.8. The molecule has 1 aliphatic rings. The standard InChI is InChI=1S/C31H35N3O6/c1-4-18-31(30(36)34-32-21-24-12-8-13-26(37-2)27(24)38-3)28(22-10-6-5-7-11-22)40-29(33-31)23-14-16-25(17-15-23)39-20-9-19-35/h4-8,10-17,28,32,35H,1,9,18-21H2,2-3H3,(H,34,36)/t28-,31-/m0/s1. The third-order valence-electron chi connectivity index (χ3n) is 6.55. The van der Waals surface area contributed by atoms with Crippen molar-refractivity contribution in [1.82, 2.24) is 10.9 Å². The van der Waals surface area contributed by atoms with Gasteiger partial charge in [-0.3, -0.25) is 10.2 Å². The van der Waals surface area contributed by atoms with Crippen LogP contribution in [0.2, 0.25) is 0 Å². The maximum atomic E-state index is 13.9. The molecule has 0 radical (unpaired) electrons. The van der Waals surface area contributed by atoms with Crippen molar-refractivity contribution < 1.29 is 28.8 Å². The fraction of sp³-hybridized carbons (Fsp3) is 0.290. The van der Waals surface area contributed by atoms with Crippen LogP contribution in [0.1, 0.15) is 35.6 Å². The van der Waals surface area contributed by atoms with Crippen LogP contribution in [0.15, 0.2) is 90.4 Å². The number of aliphatic hydroxyl groups is 1. The summed E-state index contributed by atoms with van der Waals surface area (Å²) >= 11 is 0. The molecule has 3 N–H and O–H groups in total. The van der Waals surface area contributed by atoms with Gasteiger partial charge in [-0.25, -0.2) is 10.4 Å². The first-order valence-corrected chi connectivity index (χ1v) is 13.1. The number of carbonyl (C=O) groups is 1. The van der Waals surface area contributed by atoms with Crippen LogP contribution in [0, 0.1) is 0 Å². The molecule has 3 aromatic carbocycles. The Morgan fingerprint density at radius 2 is 1.85 bits per heavy atom. The van der Waals surface area contributed by atoms with Gasteiger partial charge in [0.1, 0.15) is 5.75 Å². The number of aliphatic hydroxyl groups excluding tert-OH is 1. The number of para-hydroxylation sites is 1. The summed E-state index contributed by atoms with van der Waals surface area (Å²) in [5.41, 5.74) is 6.89. The predicted molar refractivity (Wildman–Crippen MR) is 153 cm³/mol. The van der Waals surface area contributed by atoms with Gasteiger partial charge in [-0.1, -0.05) is 48.5 Å². The number of ether oxygens (including phenoxy) is 4. The highest BCUT2D eigenvalue weighted by Crippen LogP contribution is 2.42. The smallest absolute Gasteiger partial charge is 0.266 e. The van der Waals surface area contributed by atoms with Crippen molar-refractivity contribution in [2.24, 2.45) is 4.99 Å². The number of hydrazine groups is 1. The number of hydrogen-bond donors (Lipinski definition) is 3. The van der Waals surface area contributed by atoms with E-state index in [9.17, 15) is 4.79 Å². The van der Waals surface area contributed by atoms with Crippen LogP contribution in [0.4, 0.5) is 0 Å². The minimum Gasteiger partial charge on any atom is -0.494 e. The molecule has 210 valence electrons. The first-order chi connectivity index (χ1) is 19.6. The molecule has 0 fully saturated rings. The van der Waals surface area contributed by atoms with Gasteiger partial charge in [-0.2, -0.15) is 0 Å². The number of hydrogen-bond acceptors (Lipinski definition) is 8. The molecule has 0 aromatic heterocycles. The topological polar surface area (TPSA) is 111 Å². The summed E-state index contributed by atoms with van der Waals surface area (Å²) in [7, 11) is 3.15. The van der Waals surface area contributed by atoms with Gasteiger partial charge in [0, 0.05) is 37.1 Å². The van der Waals surface area contributed by atoms with Crippen molar-refractivity contribution in [3.63, 3.8) is 0 Å². The highest BCUT2D eigenvalue weighted by atomic mass is 16.5. The fourth-order valence-electron chi connectivity index (χ4n) is 4.58. The minimum absolute atomic E-state index is 0.0684. The maximum Gasteiger partial charge on any atom is 0.266 e. The molecule has 3 aromatic rings. The molecule has 0 bridgehead atoms. The van der Waals surface area contributed by atoms with E-state index < -0.39 is 11.6 Å². The average molecular weight is 546 g/mol. The number of aliphatic imine (C=N–C) groups is 1. The molecule has 1 aliphatic heterocycles. The fourth-order valence-corrected chi connectivity index (χ4v) is 4.58. The third-order valence-corrected chi connectivity index (χ3v) is 6.55. The van der Waals surface area contributed by atoms with E-state index in [4.69, 9.17) is 29.0 Å². The lowest BCUT2D eigenvalue weighted by atomic mass is 9.84. The van der Waals surface area contributed by atoms with Gasteiger partial charge in [0.25, 0.3) is 5.91 Å². The molecule has 0 aliphatic carbocycles. The van der Waals surface area contributed by atoms with Gasteiger partial charge in [-0.15, -0.1) is 6.58 Å². The molecule has 0 saturated heterocycles. The van der Waals surface area contributed by atoms with E-state index in [1.54, 1.807) is 20.3 Å². The van der Waals surface area contributed by atoms with Crippen molar-refractivity contribution in [1.29, 1.82) is 0 Å². The Hall–Kier alpha value is -4.34. The second kappa shape index (κ2) is 13.6. The zero-order valence-electron chi connectivity index (χ0n) is 22.8. The third kappa shape index (κ3) is 6.27. The van der Waals surface area contributed by atoms with E-state index in [1.807, 2.05) is 72.8 Å². The van der Waals surface area contributed by atoms with E-state index in [-0.39, 0.29) is 18.9 Å². The quantitative estimate of drug-likeness (QED) is 0.159. The largest absolute Gasteiger partial charge is 0.494 e. The number of amides is 1. The first kappa shape index (κ1) is 28.7. The molecular weight excluding hydrogens is 510 g/mol. The molecule has 1 amide bonds. The molecule has 2 atom stereocenters. The average Bonchev–Trinajstić information content (AvgIpc) is 3.38. The lowest BCUT2D eigenvalue weighted by molar-refractivity contribution is -0.129. The zero-order chi connectivity index (χ0) is 28.4. The van der Waals surface area contributed by atoms with Crippen molar-refractivity contribution >= 4 is 11.8 Å². The number of nitrogens with one attached hydrogen (secondary N) is 2. The van der Waals surface area contributed by atoms with Crippen molar-refractivity contribution in [3.05, 3.63) is 102 Å². The molecule has 0 spiro atoms. The van der Waals surface area contributed by atoms with Gasteiger partial charge >= 0.3 is 0 Å². The molecule has 40 heavy (non-hydrogen) atoms. The molecule has 4 rings (SSSR count). The predicted octanol–water partition coefficient (Wildman–Crippen LogP) is 4.12. The van der Waals surface area contributed by atoms with E-state index in [0.29, 0.717) is 48.3 Å². The van der Waals surface area contributed by atoms with Gasteiger partial charge in [0.2, 0.25) is 5.90 Å². The van der Waals surface area contributed by atoms with E-state index >= 15 is 0 Å². The monoisotopic (exact) mass is 545 g/mol. The molecule has 0 unspecified atom stereocenters. The van der Waals surface area contributed by atoms with Crippen LogP contribution in [0.25, 0.3) is 0 Å². The number of benzene rings is 3. The van der Waals surface area contributed by atoms with E-state index in [2.05, 4.69) is 17.4 Å². The Bertz CT molecular complexity index is 1310. The van der Waals surface area contributed by atoms with Crippen molar-refractivity contribution in [2.45, 2.75) is 31.0 Å². The summed E-state index contributed by atoms with van der Waals surface area (Å²) < 4.78 is 22.9. The summed E-state index contributed by atoms with van der Waals surface area (Å²) in [5, 5.41) is 8.98. The van der Waals surface area contributed by atoms with Gasteiger partial charge < -0.3 is 24.1 Å². The van der Waals surface area contributed by atoms with E-state index in [1.165, 1.54) is 0 Å². The van der Waals surface area contributed by atoms with Crippen molar-refractivity contribution in [2.75, 3.05) is 27.4 Å². The molecular formula is C31H35N3O6. The summed E-state index contributed by atoms with van der Waals surface area (Å²) in [4.78, 5) is 18.8. The Morgan fingerprint density at radius 3 is 2.52 bits per heavy atom. The number of nitrogens with zero attached hydrogens (tertiary/aromatic N) is 1. The SMILES string of the molecule is C=CC[C@]1(C(=O)NNCc2cccc(OC)c2OC)N=C(c2ccc(OCCCO)cc2)O[C@H]1c1ccccc1. The first-order valence-electron chi connectivity index (χ1n) is 13.1. The number of rotatable bonds is 14. The highest BCUT2D eigenvalue weighted by Gasteiger charge is 2.52. The molecule has 1 heterocycles. The number of methoxy groups -OCH3 is 2. The summed E-state index contributed by atoms with van der Waals surface area (Å²) in [6.45, 7) is 4.68. The second-order valence-electron chi connectivity index (χ2n) is 9.15. The van der Waals surface area contributed by atoms with Gasteiger partial charge in [-0.05, 0) is 35.9 Å². The Kier molecular flexibility index (Phi) is 9.77. The Morgan fingerprint density at radius 1 is 1.07 bits per heavy atom. The lowest BCUT2D eigenvalue weighted by Gasteiger charge is -2.29. The molecule has 9 heteroatoms. The van der Waals surface area contributed by atoms with Gasteiger partial charge in [0.15, 0.2) is 23.1 Å². The summed E-state index contributed by atoms with van der Waals surface area (Å²) in [5.74, 6) is 1.85. The molecule has 0 saturated carbocycles. The van der Waals surface area contributed by atoms with E-state index in [0.717, 1.165) is 11.1 Å². The second-order valence-corrected chi connectivity index (χ2v) is 9.15. The van der Waals surface area contributed by atoms with Crippen LogP contribution in [0.3, 0.4) is 0 Å². The van der Waals surface area contributed by atoms with Crippen LogP contribution in [0.5, 0.6) is 17.2 Å². The van der Waals surface area contributed by atoms with Gasteiger partial charge in [0.05, 0.1) is 20.8 Å². The maximum absolute atomic E-state index is 13.9. The number of carbonyl (C=O) groups excluding carboxylic acids is 1. The normalized spacial score (nSPS) is 17.9. The van der Waals surface area contributed by atoms with Crippen molar-refractivity contribution in [3.8, 4) is 17.2 Å². The highest BCUT2D eigenvalue weighted by molar-refractivity contribution is 6.01. The molecule has 9 nitrogen and oxygen atoms in total. The Balaban J connectivity index is 1.60. The van der Waals surface area contributed by atoms with Crippen LogP contribution < -0.4 is 25.1 Å². The lowest BCUT2D eigenvalue weighted by Crippen LogP contribution is -2.52. The van der Waals surface area contributed by atoms with Crippen LogP contribution >= 0.6 is 0 Å². The summed E-state index contributed by atoms with van der Waals surface area (Å²) in [6.07, 6.45) is 1.78. The summed E-state index contributed by atoms with van der Waals surface area (Å²) in [6, 6.07) is 22.4. The minimum atomic E-state index is -1.31.